The monoisotopic (exact) mass is 272 g/mol. The third-order valence-corrected chi connectivity index (χ3v) is 2.85. The van der Waals surface area contributed by atoms with Crippen molar-refractivity contribution in [3.63, 3.8) is 0 Å². The highest BCUT2D eigenvalue weighted by Crippen LogP contribution is 2.13. The molecule has 0 radical (unpaired) electrons. The van der Waals surface area contributed by atoms with Crippen LogP contribution in [0.1, 0.15) is 0 Å². The standard InChI is InChI=1S/C12H12N6O2/c19-18(20)9-7-14-17(8-9)6-5-13-12-15-10-3-1-2-4-11(10)16-12/h1-4,7-8H,5-6H2,(H2,13,15,16). The van der Waals surface area contributed by atoms with Gasteiger partial charge < -0.3 is 10.3 Å². The van der Waals surface area contributed by atoms with Crippen LogP contribution in [-0.2, 0) is 6.54 Å². The van der Waals surface area contributed by atoms with E-state index in [4.69, 9.17) is 0 Å². The van der Waals surface area contributed by atoms with Crippen LogP contribution in [0.3, 0.4) is 0 Å². The van der Waals surface area contributed by atoms with Gasteiger partial charge in [0.05, 0.1) is 22.5 Å². The average Bonchev–Trinajstić information content (AvgIpc) is 3.04. The summed E-state index contributed by atoms with van der Waals surface area (Å²) in [6.07, 6.45) is 2.64. The second-order valence-corrected chi connectivity index (χ2v) is 4.25. The maximum Gasteiger partial charge on any atom is 0.306 e. The molecule has 0 aliphatic carbocycles. The van der Waals surface area contributed by atoms with Gasteiger partial charge in [-0.25, -0.2) is 4.98 Å². The van der Waals surface area contributed by atoms with E-state index in [9.17, 15) is 10.1 Å². The Balaban J connectivity index is 1.60. The summed E-state index contributed by atoms with van der Waals surface area (Å²) in [7, 11) is 0. The molecule has 0 saturated carbocycles. The summed E-state index contributed by atoms with van der Waals surface area (Å²) in [5.74, 6) is 0.674. The third kappa shape index (κ3) is 2.44. The molecule has 20 heavy (non-hydrogen) atoms. The third-order valence-electron chi connectivity index (χ3n) is 2.85. The topological polar surface area (TPSA) is 102 Å². The minimum atomic E-state index is -0.462. The van der Waals surface area contributed by atoms with Crippen LogP contribution < -0.4 is 5.32 Å². The lowest BCUT2D eigenvalue weighted by Gasteiger charge is -2.02. The van der Waals surface area contributed by atoms with E-state index in [1.165, 1.54) is 17.1 Å². The largest absolute Gasteiger partial charge is 0.354 e. The molecule has 8 heteroatoms. The molecule has 0 bridgehead atoms. The van der Waals surface area contributed by atoms with E-state index >= 15 is 0 Å². The van der Waals surface area contributed by atoms with Crippen molar-refractivity contribution in [1.82, 2.24) is 19.7 Å². The number of benzene rings is 1. The van der Waals surface area contributed by atoms with Crippen molar-refractivity contribution in [2.24, 2.45) is 0 Å². The smallest absolute Gasteiger partial charge is 0.306 e. The molecule has 0 unspecified atom stereocenters. The number of nitrogens with one attached hydrogen (secondary N) is 2. The van der Waals surface area contributed by atoms with E-state index in [2.05, 4.69) is 20.4 Å². The minimum Gasteiger partial charge on any atom is -0.354 e. The highest BCUT2D eigenvalue weighted by molar-refractivity contribution is 5.77. The van der Waals surface area contributed by atoms with Gasteiger partial charge in [0.25, 0.3) is 0 Å². The number of imidazole rings is 1. The zero-order valence-corrected chi connectivity index (χ0v) is 10.5. The first-order chi connectivity index (χ1) is 9.72. The van der Waals surface area contributed by atoms with Gasteiger partial charge in [-0.15, -0.1) is 0 Å². The van der Waals surface area contributed by atoms with E-state index < -0.39 is 4.92 Å². The number of anilines is 1. The Kier molecular flexibility index (Phi) is 3.04. The number of H-pyrrole nitrogens is 1. The molecule has 0 fully saturated rings. The number of hydrogen-bond acceptors (Lipinski definition) is 5. The Morgan fingerprint density at radius 2 is 2.25 bits per heavy atom. The van der Waals surface area contributed by atoms with Crippen molar-refractivity contribution in [1.29, 1.82) is 0 Å². The summed E-state index contributed by atoms with van der Waals surface area (Å²) in [4.78, 5) is 17.6. The lowest BCUT2D eigenvalue weighted by atomic mass is 10.3. The summed E-state index contributed by atoms with van der Waals surface area (Å²) in [5, 5.41) is 17.6. The van der Waals surface area contributed by atoms with Crippen molar-refractivity contribution in [3.8, 4) is 0 Å². The van der Waals surface area contributed by atoms with E-state index in [1.54, 1.807) is 0 Å². The molecule has 0 aliphatic rings. The molecule has 0 spiro atoms. The Labute approximate surface area is 113 Å². The molecule has 2 aromatic heterocycles. The summed E-state index contributed by atoms with van der Waals surface area (Å²) in [5.41, 5.74) is 1.85. The molecule has 2 N–H and O–H groups in total. The number of para-hydroxylation sites is 2. The molecule has 1 aromatic carbocycles. The number of aromatic nitrogens is 4. The van der Waals surface area contributed by atoms with Crippen molar-refractivity contribution in [2.75, 3.05) is 11.9 Å². The normalized spacial score (nSPS) is 10.8. The molecule has 0 atom stereocenters. The van der Waals surface area contributed by atoms with E-state index in [0.29, 0.717) is 19.0 Å². The summed E-state index contributed by atoms with van der Waals surface area (Å²) in [6.45, 7) is 1.09. The lowest BCUT2D eigenvalue weighted by molar-refractivity contribution is -0.385. The quantitative estimate of drug-likeness (QED) is 0.544. The first-order valence-electron chi connectivity index (χ1n) is 6.08. The van der Waals surface area contributed by atoms with Gasteiger partial charge in [0, 0.05) is 6.54 Å². The van der Waals surface area contributed by atoms with Gasteiger partial charge in [-0.05, 0) is 12.1 Å². The fourth-order valence-electron chi connectivity index (χ4n) is 1.89. The Morgan fingerprint density at radius 1 is 1.40 bits per heavy atom. The molecule has 102 valence electrons. The van der Waals surface area contributed by atoms with Crippen LogP contribution in [0.15, 0.2) is 36.7 Å². The zero-order valence-electron chi connectivity index (χ0n) is 10.5. The molecule has 8 nitrogen and oxygen atoms in total. The second kappa shape index (κ2) is 5.00. The summed E-state index contributed by atoms with van der Waals surface area (Å²) < 4.78 is 1.52. The summed E-state index contributed by atoms with van der Waals surface area (Å²) >= 11 is 0. The number of aromatic amines is 1. The Morgan fingerprint density at radius 3 is 3.00 bits per heavy atom. The van der Waals surface area contributed by atoms with Gasteiger partial charge in [-0.3, -0.25) is 14.8 Å². The van der Waals surface area contributed by atoms with Crippen molar-refractivity contribution >= 4 is 22.7 Å². The fourth-order valence-corrected chi connectivity index (χ4v) is 1.89. The molecular weight excluding hydrogens is 260 g/mol. The van der Waals surface area contributed by atoms with Crippen LogP contribution >= 0.6 is 0 Å². The van der Waals surface area contributed by atoms with Gasteiger partial charge in [0.1, 0.15) is 12.4 Å². The SMILES string of the molecule is O=[N+]([O-])c1cnn(CCNc2nc3ccccc3[nH]2)c1. The van der Waals surface area contributed by atoms with Crippen molar-refractivity contribution in [3.05, 3.63) is 46.8 Å². The lowest BCUT2D eigenvalue weighted by Crippen LogP contribution is -2.11. The van der Waals surface area contributed by atoms with Crippen molar-refractivity contribution < 1.29 is 4.92 Å². The molecular formula is C12H12N6O2. The predicted molar refractivity (Wildman–Crippen MR) is 73.5 cm³/mol. The number of nitrogens with zero attached hydrogens (tertiary/aromatic N) is 4. The number of fused-ring (bicyclic) bond motifs is 1. The summed E-state index contributed by atoms with van der Waals surface area (Å²) in [6, 6.07) is 7.74. The van der Waals surface area contributed by atoms with E-state index in [-0.39, 0.29) is 5.69 Å². The zero-order chi connectivity index (χ0) is 13.9. The maximum absolute atomic E-state index is 10.5. The fraction of sp³-hybridized carbons (Fsp3) is 0.167. The first kappa shape index (κ1) is 12.2. The highest BCUT2D eigenvalue weighted by Gasteiger charge is 2.08. The number of nitro groups is 1. The van der Waals surface area contributed by atoms with Crippen molar-refractivity contribution in [2.45, 2.75) is 6.54 Å². The Hall–Kier alpha value is -2.90. The van der Waals surface area contributed by atoms with Crippen LogP contribution in [0.4, 0.5) is 11.6 Å². The average molecular weight is 272 g/mol. The number of rotatable bonds is 5. The molecule has 0 aliphatic heterocycles. The molecule has 3 aromatic rings. The van der Waals surface area contributed by atoms with Crippen LogP contribution in [0.5, 0.6) is 0 Å². The predicted octanol–water partition coefficient (Wildman–Crippen LogP) is 1.78. The van der Waals surface area contributed by atoms with Crippen LogP contribution in [0, 0.1) is 10.1 Å². The molecule has 2 heterocycles. The van der Waals surface area contributed by atoms with Gasteiger partial charge >= 0.3 is 5.69 Å². The van der Waals surface area contributed by atoms with Gasteiger partial charge in [0.2, 0.25) is 5.95 Å². The van der Waals surface area contributed by atoms with Crippen LogP contribution in [0.2, 0.25) is 0 Å². The molecule has 3 rings (SSSR count). The highest BCUT2D eigenvalue weighted by atomic mass is 16.6. The van der Waals surface area contributed by atoms with Gasteiger partial charge in [-0.1, -0.05) is 12.1 Å². The van der Waals surface area contributed by atoms with Gasteiger partial charge in [0.15, 0.2) is 0 Å². The maximum atomic E-state index is 10.5. The van der Waals surface area contributed by atoms with Crippen LogP contribution in [-0.4, -0.2) is 31.2 Å². The van der Waals surface area contributed by atoms with E-state index in [0.717, 1.165) is 11.0 Å². The Bertz CT molecular complexity index is 714. The van der Waals surface area contributed by atoms with Crippen LogP contribution in [0.25, 0.3) is 11.0 Å². The number of hydrogen-bond donors (Lipinski definition) is 2. The minimum absolute atomic E-state index is 0.00580. The van der Waals surface area contributed by atoms with E-state index in [1.807, 2.05) is 24.3 Å². The first-order valence-corrected chi connectivity index (χ1v) is 6.08. The molecule has 0 amide bonds. The van der Waals surface area contributed by atoms with Gasteiger partial charge in [-0.2, -0.15) is 5.10 Å². The molecule has 0 saturated heterocycles. The second-order valence-electron chi connectivity index (χ2n) is 4.25.